The SMILES string of the molecule is COc1ccc(C(NN)c2ccc(C)cc2Cl)c(F)c1. The molecule has 0 radical (unpaired) electrons. The Morgan fingerprint density at radius 1 is 1.20 bits per heavy atom. The smallest absolute Gasteiger partial charge is 0.132 e. The summed E-state index contributed by atoms with van der Waals surface area (Å²) in [5.41, 5.74) is 4.78. The van der Waals surface area contributed by atoms with Gasteiger partial charge in [0, 0.05) is 16.7 Å². The summed E-state index contributed by atoms with van der Waals surface area (Å²) in [5.74, 6) is 5.63. The van der Waals surface area contributed by atoms with E-state index >= 15 is 0 Å². The molecule has 2 rings (SSSR count). The highest BCUT2D eigenvalue weighted by molar-refractivity contribution is 6.31. The summed E-state index contributed by atoms with van der Waals surface area (Å²) < 4.78 is 19.1. The van der Waals surface area contributed by atoms with Crippen LogP contribution in [-0.4, -0.2) is 7.11 Å². The monoisotopic (exact) mass is 294 g/mol. The normalized spacial score (nSPS) is 12.2. The molecule has 0 aliphatic rings. The molecular formula is C15H16ClFN2O. The predicted octanol–water partition coefficient (Wildman–Crippen LogP) is 3.35. The second-order valence-corrected chi connectivity index (χ2v) is 4.92. The van der Waals surface area contributed by atoms with Crippen molar-refractivity contribution in [1.82, 2.24) is 5.43 Å². The van der Waals surface area contributed by atoms with Gasteiger partial charge in [0.15, 0.2) is 0 Å². The molecule has 0 aliphatic heterocycles. The number of nitrogens with one attached hydrogen (secondary N) is 1. The summed E-state index contributed by atoms with van der Waals surface area (Å²) in [5, 5.41) is 0.545. The fourth-order valence-corrected chi connectivity index (χ4v) is 2.43. The van der Waals surface area contributed by atoms with Crippen molar-refractivity contribution in [2.24, 2.45) is 5.84 Å². The van der Waals surface area contributed by atoms with Crippen LogP contribution in [0.5, 0.6) is 5.75 Å². The first-order valence-corrected chi connectivity index (χ1v) is 6.50. The lowest BCUT2D eigenvalue weighted by Gasteiger charge is -2.19. The molecule has 0 heterocycles. The molecule has 1 atom stereocenters. The third kappa shape index (κ3) is 2.93. The van der Waals surface area contributed by atoms with E-state index in [4.69, 9.17) is 22.2 Å². The largest absolute Gasteiger partial charge is 0.497 e. The highest BCUT2D eigenvalue weighted by Crippen LogP contribution is 2.31. The number of methoxy groups -OCH3 is 1. The number of hydrazine groups is 1. The van der Waals surface area contributed by atoms with E-state index in [2.05, 4.69) is 5.43 Å². The van der Waals surface area contributed by atoms with Crippen molar-refractivity contribution in [1.29, 1.82) is 0 Å². The molecule has 0 fully saturated rings. The molecule has 0 aromatic heterocycles. The maximum absolute atomic E-state index is 14.2. The van der Waals surface area contributed by atoms with Crippen molar-refractivity contribution in [2.75, 3.05) is 7.11 Å². The number of ether oxygens (including phenoxy) is 1. The standard InChI is InChI=1S/C15H16ClFN2O/c1-9-3-5-11(13(16)7-9)15(19-18)12-6-4-10(20-2)8-14(12)17/h3-8,15,19H,18H2,1-2H3. The second-order valence-electron chi connectivity index (χ2n) is 4.51. The van der Waals surface area contributed by atoms with Gasteiger partial charge in [0.25, 0.3) is 0 Å². The van der Waals surface area contributed by atoms with Crippen molar-refractivity contribution in [2.45, 2.75) is 13.0 Å². The van der Waals surface area contributed by atoms with E-state index in [0.717, 1.165) is 11.1 Å². The van der Waals surface area contributed by atoms with E-state index in [1.807, 2.05) is 25.1 Å². The van der Waals surface area contributed by atoms with E-state index in [1.165, 1.54) is 13.2 Å². The van der Waals surface area contributed by atoms with E-state index in [1.54, 1.807) is 12.1 Å². The Balaban J connectivity index is 2.47. The number of hydrogen-bond donors (Lipinski definition) is 2. The quantitative estimate of drug-likeness (QED) is 0.671. The topological polar surface area (TPSA) is 47.3 Å². The molecule has 2 aromatic carbocycles. The highest BCUT2D eigenvalue weighted by Gasteiger charge is 2.19. The first-order valence-electron chi connectivity index (χ1n) is 6.12. The van der Waals surface area contributed by atoms with Crippen LogP contribution in [0, 0.1) is 12.7 Å². The number of nitrogens with two attached hydrogens (primary N) is 1. The third-order valence-corrected chi connectivity index (χ3v) is 3.48. The van der Waals surface area contributed by atoms with Gasteiger partial charge in [-0.05, 0) is 30.2 Å². The molecule has 106 valence electrons. The molecule has 3 N–H and O–H groups in total. The minimum absolute atomic E-state index is 0.399. The molecule has 1 unspecified atom stereocenters. The molecule has 0 saturated carbocycles. The highest BCUT2D eigenvalue weighted by atomic mass is 35.5. The van der Waals surface area contributed by atoms with Crippen LogP contribution in [-0.2, 0) is 0 Å². The van der Waals surface area contributed by atoms with Crippen molar-refractivity contribution in [3.05, 3.63) is 63.9 Å². The average Bonchev–Trinajstić information content (AvgIpc) is 2.43. The van der Waals surface area contributed by atoms with Crippen molar-refractivity contribution in [3.63, 3.8) is 0 Å². The van der Waals surface area contributed by atoms with Crippen LogP contribution in [0.1, 0.15) is 22.7 Å². The Morgan fingerprint density at radius 3 is 2.45 bits per heavy atom. The first-order chi connectivity index (χ1) is 9.56. The zero-order valence-electron chi connectivity index (χ0n) is 11.3. The molecule has 2 aromatic rings. The zero-order chi connectivity index (χ0) is 14.7. The summed E-state index contributed by atoms with van der Waals surface area (Å²) in [4.78, 5) is 0. The summed E-state index contributed by atoms with van der Waals surface area (Å²) in [7, 11) is 1.49. The van der Waals surface area contributed by atoms with Gasteiger partial charge in [-0.25, -0.2) is 9.82 Å². The van der Waals surface area contributed by atoms with Gasteiger partial charge >= 0.3 is 0 Å². The maximum Gasteiger partial charge on any atom is 0.132 e. The number of rotatable bonds is 4. The summed E-state index contributed by atoms with van der Waals surface area (Å²) >= 11 is 6.22. The van der Waals surface area contributed by atoms with Gasteiger partial charge in [0.1, 0.15) is 11.6 Å². The van der Waals surface area contributed by atoms with Gasteiger partial charge in [-0.15, -0.1) is 0 Å². The van der Waals surface area contributed by atoms with Gasteiger partial charge in [-0.3, -0.25) is 5.84 Å². The summed E-state index contributed by atoms with van der Waals surface area (Å²) in [6.45, 7) is 1.94. The van der Waals surface area contributed by atoms with Gasteiger partial charge in [-0.1, -0.05) is 29.8 Å². The van der Waals surface area contributed by atoms with E-state index in [-0.39, 0.29) is 0 Å². The molecule has 20 heavy (non-hydrogen) atoms. The van der Waals surface area contributed by atoms with E-state index in [9.17, 15) is 4.39 Å². The van der Waals surface area contributed by atoms with Crippen LogP contribution in [0.25, 0.3) is 0 Å². The summed E-state index contributed by atoms with van der Waals surface area (Å²) in [6, 6.07) is 9.69. The van der Waals surface area contributed by atoms with Crippen LogP contribution in [0.4, 0.5) is 4.39 Å². The number of hydrogen-bond acceptors (Lipinski definition) is 3. The predicted molar refractivity (Wildman–Crippen MR) is 78.3 cm³/mol. The Kier molecular flexibility index (Phi) is 4.60. The minimum atomic E-state index is -0.519. The lowest BCUT2D eigenvalue weighted by atomic mass is 9.97. The second kappa shape index (κ2) is 6.22. The minimum Gasteiger partial charge on any atom is -0.497 e. The molecule has 0 saturated heterocycles. The number of aryl methyl sites for hydroxylation is 1. The lowest BCUT2D eigenvalue weighted by molar-refractivity contribution is 0.410. The third-order valence-electron chi connectivity index (χ3n) is 3.15. The Labute approximate surface area is 122 Å². The molecule has 0 aliphatic carbocycles. The zero-order valence-corrected chi connectivity index (χ0v) is 12.0. The lowest BCUT2D eigenvalue weighted by Crippen LogP contribution is -2.29. The van der Waals surface area contributed by atoms with Crippen LogP contribution in [0.3, 0.4) is 0 Å². The molecular weight excluding hydrogens is 279 g/mol. The van der Waals surface area contributed by atoms with Gasteiger partial charge in [-0.2, -0.15) is 0 Å². The Bertz CT molecular complexity index is 619. The van der Waals surface area contributed by atoms with Crippen LogP contribution in [0.2, 0.25) is 5.02 Å². The molecule has 0 spiro atoms. The van der Waals surface area contributed by atoms with Gasteiger partial charge < -0.3 is 4.74 Å². The Hall–Kier alpha value is -1.62. The van der Waals surface area contributed by atoms with Crippen LogP contribution >= 0.6 is 11.6 Å². The van der Waals surface area contributed by atoms with Crippen molar-refractivity contribution < 1.29 is 9.13 Å². The Morgan fingerprint density at radius 2 is 1.90 bits per heavy atom. The van der Waals surface area contributed by atoms with Crippen molar-refractivity contribution in [3.8, 4) is 5.75 Å². The fourth-order valence-electron chi connectivity index (χ4n) is 2.08. The summed E-state index contributed by atoms with van der Waals surface area (Å²) in [6.07, 6.45) is 0. The van der Waals surface area contributed by atoms with E-state index in [0.29, 0.717) is 16.3 Å². The van der Waals surface area contributed by atoms with Gasteiger partial charge in [0.05, 0.1) is 13.2 Å². The van der Waals surface area contributed by atoms with Gasteiger partial charge in [0.2, 0.25) is 0 Å². The first kappa shape index (κ1) is 14.8. The molecule has 3 nitrogen and oxygen atoms in total. The van der Waals surface area contributed by atoms with E-state index < -0.39 is 11.9 Å². The maximum atomic E-state index is 14.2. The molecule has 5 heteroatoms. The molecule has 0 bridgehead atoms. The average molecular weight is 295 g/mol. The fraction of sp³-hybridized carbons (Fsp3) is 0.200. The number of benzene rings is 2. The van der Waals surface area contributed by atoms with Crippen molar-refractivity contribution >= 4 is 11.6 Å². The number of halogens is 2. The van der Waals surface area contributed by atoms with Crippen LogP contribution in [0.15, 0.2) is 36.4 Å². The van der Waals surface area contributed by atoms with Crippen LogP contribution < -0.4 is 16.0 Å². The molecule has 0 amide bonds.